The lowest BCUT2D eigenvalue weighted by atomic mass is 9.57. The SMILES string of the molecule is [CH2-]C1CC2=C(C=C1C1=CC3=C(CC1C)C1=C(CC3c3ccccc3)C3=CC=CCC3C(C3C=CC=CC3)C1)C1C=C(C3=CCCC=C3)C3=C(C=CCC3)C1C=C2C1C=CCCC1C. The van der Waals surface area contributed by atoms with E-state index in [4.69, 9.17) is 6.92 Å². The normalized spacial score (nSPS) is 35.3. The van der Waals surface area contributed by atoms with E-state index in [2.05, 4.69) is 154 Å². The molecule has 0 aliphatic heterocycles. The van der Waals surface area contributed by atoms with Gasteiger partial charge in [-0.25, -0.2) is 0 Å². The zero-order valence-corrected chi connectivity index (χ0v) is 37.7. The van der Waals surface area contributed by atoms with Crippen LogP contribution in [0.5, 0.6) is 0 Å². The summed E-state index contributed by atoms with van der Waals surface area (Å²) in [4.78, 5) is 0. The minimum absolute atomic E-state index is 0.224. The van der Waals surface area contributed by atoms with Crippen LogP contribution in [-0.2, 0) is 0 Å². The van der Waals surface area contributed by atoms with Gasteiger partial charge in [-0.3, -0.25) is 0 Å². The second-order valence-corrected chi connectivity index (χ2v) is 20.9. The van der Waals surface area contributed by atoms with Crippen LogP contribution in [0.4, 0.5) is 0 Å². The highest BCUT2D eigenvalue weighted by Gasteiger charge is 2.45. The van der Waals surface area contributed by atoms with Crippen molar-refractivity contribution in [2.75, 3.05) is 0 Å². The van der Waals surface area contributed by atoms with E-state index in [-0.39, 0.29) is 5.92 Å². The quantitative estimate of drug-likeness (QED) is 0.205. The van der Waals surface area contributed by atoms with Crippen molar-refractivity contribution in [3.63, 3.8) is 0 Å². The molecule has 0 spiro atoms. The maximum atomic E-state index is 5.10. The number of hydrogen-bond acceptors (Lipinski definition) is 0. The van der Waals surface area contributed by atoms with Crippen molar-refractivity contribution in [3.8, 4) is 0 Å². The number of allylic oxidation sites excluding steroid dienone is 32. The predicted molar refractivity (Wildman–Crippen MR) is 264 cm³/mol. The van der Waals surface area contributed by atoms with E-state index < -0.39 is 0 Å². The number of benzene rings is 1. The smallest absolute Gasteiger partial charge is 0.0134 e. The van der Waals surface area contributed by atoms with Gasteiger partial charge in [0.25, 0.3) is 0 Å². The highest BCUT2D eigenvalue weighted by molar-refractivity contribution is 5.68. The zero-order valence-electron chi connectivity index (χ0n) is 37.7. The van der Waals surface area contributed by atoms with Crippen molar-refractivity contribution in [2.24, 2.45) is 53.3 Å². The molecule has 12 rings (SSSR count). The van der Waals surface area contributed by atoms with Crippen LogP contribution in [0.15, 0.2) is 218 Å². The van der Waals surface area contributed by atoms with Gasteiger partial charge >= 0.3 is 0 Å². The first kappa shape index (κ1) is 39.6. The average Bonchev–Trinajstić information content (AvgIpc) is 3.33. The summed E-state index contributed by atoms with van der Waals surface area (Å²) in [6.07, 6.45) is 59.1. The molecule has 10 atom stereocenters. The van der Waals surface area contributed by atoms with E-state index >= 15 is 0 Å². The van der Waals surface area contributed by atoms with Gasteiger partial charge in [0, 0.05) is 23.7 Å². The first-order chi connectivity index (χ1) is 31.0. The van der Waals surface area contributed by atoms with Crippen LogP contribution in [0, 0.1) is 60.2 Å². The monoisotopic (exact) mass is 822 g/mol. The molecule has 0 heterocycles. The molecule has 0 heteroatoms. The molecule has 0 amide bonds. The van der Waals surface area contributed by atoms with E-state index in [9.17, 15) is 0 Å². The average molecular weight is 822 g/mol. The Morgan fingerprint density at radius 2 is 1.44 bits per heavy atom. The van der Waals surface area contributed by atoms with Crippen LogP contribution < -0.4 is 0 Å². The maximum Gasteiger partial charge on any atom is 0.0134 e. The summed E-state index contributed by atoms with van der Waals surface area (Å²) in [5, 5.41) is 0. The maximum absolute atomic E-state index is 5.10. The minimum Gasteiger partial charge on any atom is -0.336 e. The molecule has 1 aromatic carbocycles. The summed E-state index contributed by atoms with van der Waals surface area (Å²) in [5.41, 5.74) is 23.8. The minimum atomic E-state index is 0.224. The van der Waals surface area contributed by atoms with Crippen LogP contribution in [0.1, 0.15) is 102 Å². The summed E-state index contributed by atoms with van der Waals surface area (Å²) >= 11 is 0. The Kier molecular flexibility index (Phi) is 10.2. The molecule has 0 nitrogen and oxygen atoms in total. The van der Waals surface area contributed by atoms with Crippen LogP contribution in [0.3, 0.4) is 0 Å². The second kappa shape index (κ2) is 16.2. The molecule has 63 heavy (non-hydrogen) atoms. The van der Waals surface area contributed by atoms with Gasteiger partial charge in [-0.1, -0.05) is 159 Å². The second-order valence-electron chi connectivity index (χ2n) is 20.9. The molecular weight excluding hydrogens is 757 g/mol. The molecule has 0 saturated carbocycles. The Balaban J connectivity index is 1.01. The molecule has 11 aliphatic carbocycles. The fourth-order valence-electron chi connectivity index (χ4n) is 14.3. The summed E-state index contributed by atoms with van der Waals surface area (Å²) in [6.45, 7) is 10.2. The van der Waals surface area contributed by atoms with Crippen LogP contribution in [-0.4, -0.2) is 0 Å². The highest BCUT2D eigenvalue weighted by Crippen LogP contribution is 2.59. The van der Waals surface area contributed by atoms with Gasteiger partial charge in [0.2, 0.25) is 0 Å². The summed E-state index contributed by atoms with van der Waals surface area (Å²) in [7, 11) is 0. The van der Waals surface area contributed by atoms with Gasteiger partial charge in [-0.15, -0.1) is 5.92 Å². The van der Waals surface area contributed by atoms with Crippen molar-refractivity contribution in [3.05, 3.63) is 230 Å². The van der Waals surface area contributed by atoms with Gasteiger partial charge in [0.1, 0.15) is 0 Å². The van der Waals surface area contributed by atoms with Gasteiger partial charge < -0.3 is 6.92 Å². The molecule has 0 radical (unpaired) electrons. The molecule has 10 unspecified atom stereocenters. The van der Waals surface area contributed by atoms with Crippen LogP contribution >= 0.6 is 0 Å². The number of fused-ring (bicyclic) bond motifs is 6. The van der Waals surface area contributed by atoms with Crippen LogP contribution in [0.2, 0.25) is 0 Å². The van der Waals surface area contributed by atoms with Crippen molar-refractivity contribution in [1.82, 2.24) is 0 Å². The first-order valence-electron chi connectivity index (χ1n) is 25.1. The first-order valence-corrected chi connectivity index (χ1v) is 25.1. The van der Waals surface area contributed by atoms with Crippen molar-refractivity contribution < 1.29 is 0 Å². The Morgan fingerprint density at radius 1 is 0.587 bits per heavy atom. The van der Waals surface area contributed by atoms with Crippen LogP contribution in [0.25, 0.3) is 0 Å². The number of hydrogen-bond donors (Lipinski definition) is 0. The van der Waals surface area contributed by atoms with Gasteiger partial charge in [0.15, 0.2) is 0 Å². The zero-order chi connectivity index (χ0) is 42.2. The van der Waals surface area contributed by atoms with E-state index in [0.29, 0.717) is 53.3 Å². The predicted octanol–water partition coefficient (Wildman–Crippen LogP) is 16.1. The fourth-order valence-corrected chi connectivity index (χ4v) is 14.3. The molecule has 0 bridgehead atoms. The third kappa shape index (κ3) is 6.75. The molecule has 0 aromatic heterocycles. The van der Waals surface area contributed by atoms with Crippen molar-refractivity contribution in [2.45, 2.75) is 96.8 Å². The topological polar surface area (TPSA) is 0 Å². The largest absolute Gasteiger partial charge is 0.336 e. The Morgan fingerprint density at radius 3 is 2.29 bits per heavy atom. The Hall–Kier alpha value is -4.94. The molecular formula is C63H65-. The number of rotatable bonds is 5. The van der Waals surface area contributed by atoms with Gasteiger partial charge in [-0.2, -0.15) is 0 Å². The Bertz CT molecular complexity index is 2630. The lowest BCUT2D eigenvalue weighted by Gasteiger charge is -2.47. The van der Waals surface area contributed by atoms with E-state index in [1.807, 2.05) is 0 Å². The van der Waals surface area contributed by atoms with Gasteiger partial charge in [0.05, 0.1) is 0 Å². The molecule has 1 aromatic rings. The summed E-state index contributed by atoms with van der Waals surface area (Å²) in [6, 6.07) is 11.6. The third-order valence-corrected chi connectivity index (χ3v) is 17.5. The Labute approximate surface area is 378 Å². The standard InChI is InChI=1S/C63H65/c1-39-19-13-14-26-45(39)57-38-59-49-30-18-16-28-47(49)53(43-22-9-5-10-23-43)36-63(59)61-34-51(40(2)31-55(57)61)50-33-60-54(44-24-11-6-12-25-44)37-58-48-29-17-15-27-46(48)52(42-20-7-4-8-21-42)35-62(58)56(60)32-41(50)3/h4,6-9,11-12,14-15,17-18,20,22-26,29-30,33-34,36,38-42,45-46,52,54,59,63H,2,5,10,13,16,19,21,27-28,31-32,35,37H2,1,3H3/q-1. The van der Waals surface area contributed by atoms with Crippen molar-refractivity contribution in [1.29, 1.82) is 0 Å². The van der Waals surface area contributed by atoms with E-state index in [0.717, 1.165) is 44.9 Å². The molecule has 11 aliphatic rings. The van der Waals surface area contributed by atoms with E-state index in [1.165, 1.54) is 54.4 Å². The molecule has 0 fully saturated rings. The summed E-state index contributed by atoms with van der Waals surface area (Å²) in [5.74, 6) is 4.72. The highest BCUT2D eigenvalue weighted by atomic mass is 14.5. The van der Waals surface area contributed by atoms with Crippen molar-refractivity contribution >= 4 is 0 Å². The lowest BCUT2D eigenvalue weighted by molar-refractivity contribution is 0.278. The third-order valence-electron chi connectivity index (χ3n) is 17.5. The lowest BCUT2D eigenvalue weighted by Crippen LogP contribution is -2.34. The van der Waals surface area contributed by atoms with Gasteiger partial charge in [-0.05, 0) is 185 Å². The summed E-state index contributed by atoms with van der Waals surface area (Å²) < 4.78 is 0. The molecule has 0 N–H and O–H groups in total. The fraction of sp³-hybridized carbons (Fsp3) is 0.381. The molecule has 318 valence electrons. The molecule has 0 saturated heterocycles. The van der Waals surface area contributed by atoms with E-state index in [1.54, 1.807) is 61.3 Å².